The molecule has 0 unspecified atom stereocenters. The van der Waals surface area contributed by atoms with Crippen molar-refractivity contribution in [2.45, 2.75) is 6.92 Å². The molecule has 22 heavy (non-hydrogen) atoms. The van der Waals surface area contributed by atoms with E-state index in [9.17, 15) is 15.0 Å². The van der Waals surface area contributed by atoms with Crippen molar-refractivity contribution in [3.8, 4) is 17.2 Å². The summed E-state index contributed by atoms with van der Waals surface area (Å²) in [6.45, 7) is 1.79. The number of carbonyl (C=O) groups excluding carboxylic acids is 1. The molecule has 0 saturated heterocycles. The molecule has 2 rings (SSSR count). The highest BCUT2D eigenvalue weighted by atomic mass is 16.5. The number of phenols is 2. The van der Waals surface area contributed by atoms with Crippen molar-refractivity contribution < 1.29 is 19.7 Å². The van der Waals surface area contributed by atoms with Crippen LogP contribution in [0.25, 0.3) is 0 Å². The van der Waals surface area contributed by atoms with Gasteiger partial charge in [0.15, 0.2) is 6.61 Å². The maximum atomic E-state index is 11.6. The summed E-state index contributed by atoms with van der Waals surface area (Å²) in [6.07, 6.45) is 1.23. The normalized spacial score (nSPS) is 10.6. The molecule has 0 spiro atoms. The fraction of sp³-hybridized carbons (Fsp3) is 0.125. The monoisotopic (exact) mass is 300 g/mol. The van der Waals surface area contributed by atoms with Gasteiger partial charge in [-0.15, -0.1) is 0 Å². The maximum Gasteiger partial charge on any atom is 0.277 e. The number of amides is 1. The lowest BCUT2D eigenvalue weighted by molar-refractivity contribution is -0.123. The van der Waals surface area contributed by atoms with Gasteiger partial charge in [0, 0.05) is 5.56 Å². The predicted molar refractivity (Wildman–Crippen MR) is 82.2 cm³/mol. The van der Waals surface area contributed by atoms with Crippen LogP contribution in [0.4, 0.5) is 0 Å². The summed E-state index contributed by atoms with van der Waals surface area (Å²) in [5.41, 5.74) is 3.67. The minimum Gasteiger partial charge on any atom is -0.508 e. The fourth-order valence-electron chi connectivity index (χ4n) is 1.63. The van der Waals surface area contributed by atoms with Crippen LogP contribution in [0.15, 0.2) is 47.6 Å². The minimum absolute atomic E-state index is 0.00622. The molecule has 3 N–H and O–H groups in total. The van der Waals surface area contributed by atoms with E-state index in [2.05, 4.69) is 10.5 Å². The number of carbonyl (C=O) groups is 1. The third kappa shape index (κ3) is 4.52. The van der Waals surface area contributed by atoms with E-state index in [1.54, 1.807) is 12.1 Å². The molecule has 2 aromatic rings. The summed E-state index contributed by atoms with van der Waals surface area (Å²) in [6, 6.07) is 11.3. The number of nitrogens with zero attached hydrogens (tertiary/aromatic N) is 1. The van der Waals surface area contributed by atoms with Gasteiger partial charge in [-0.25, -0.2) is 5.43 Å². The number of hydrogen-bond acceptors (Lipinski definition) is 5. The molecule has 2 aromatic carbocycles. The smallest absolute Gasteiger partial charge is 0.277 e. The van der Waals surface area contributed by atoms with Crippen molar-refractivity contribution in [2.75, 3.05) is 6.61 Å². The fourth-order valence-corrected chi connectivity index (χ4v) is 1.63. The Labute approximate surface area is 127 Å². The molecule has 0 fully saturated rings. The summed E-state index contributed by atoms with van der Waals surface area (Å²) >= 11 is 0. The number of nitrogens with one attached hydrogen (secondary N) is 1. The van der Waals surface area contributed by atoms with Crippen LogP contribution >= 0.6 is 0 Å². The highest BCUT2D eigenvalue weighted by Crippen LogP contribution is 2.19. The number of benzene rings is 2. The van der Waals surface area contributed by atoms with Crippen LogP contribution in [0, 0.1) is 6.92 Å². The first-order valence-electron chi connectivity index (χ1n) is 6.58. The number of hydrazone groups is 1. The lowest BCUT2D eigenvalue weighted by Gasteiger charge is -2.05. The molecule has 6 heteroatoms. The van der Waals surface area contributed by atoms with Crippen LogP contribution in [0.3, 0.4) is 0 Å². The SMILES string of the molecule is Cc1ccc(OCC(=O)N/N=C\c2cc(O)ccc2O)cc1. The van der Waals surface area contributed by atoms with Gasteiger partial charge in [0.1, 0.15) is 17.2 Å². The molecular formula is C16H16N2O4. The molecule has 0 aliphatic carbocycles. The summed E-state index contributed by atoms with van der Waals surface area (Å²) in [5, 5.41) is 22.5. The van der Waals surface area contributed by atoms with Crippen molar-refractivity contribution in [2.24, 2.45) is 5.10 Å². The summed E-state index contributed by atoms with van der Waals surface area (Å²) in [7, 11) is 0. The Hall–Kier alpha value is -3.02. The Kier molecular flexibility index (Phi) is 4.98. The second-order valence-corrected chi connectivity index (χ2v) is 4.64. The molecule has 0 aromatic heterocycles. The molecule has 0 atom stereocenters. The Balaban J connectivity index is 1.83. The maximum absolute atomic E-state index is 11.6. The Morgan fingerprint density at radius 1 is 1.23 bits per heavy atom. The van der Waals surface area contributed by atoms with Gasteiger partial charge in [-0.3, -0.25) is 4.79 Å². The lowest BCUT2D eigenvalue weighted by atomic mass is 10.2. The van der Waals surface area contributed by atoms with Crippen LogP contribution in [0.2, 0.25) is 0 Å². The van der Waals surface area contributed by atoms with E-state index in [-0.39, 0.29) is 18.1 Å². The van der Waals surface area contributed by atoms with Gasteiger partial charge in [0.05, 0.1) is 6.21 Å². The molecule has 0 radical (unpaired) electrons. The predicted octanol–water partition coefficient (Wildman–Crippen LogP) is 1.94. The largest absolute Gasteiger partial charge is 0.508 e. The van der Waals surface area contributed by atoms with Crippen molar-refractivity contribution in [1.82, 2.24) is 5.43 Å². The van der Waals surface area contributed by atoms with E-state index in [0.29, 0.717) is 11.3 Å². The Bertz CT molecular complexity index is 681. The third-order valence-corrected chi connectivity index (χ3v) is 2.79. The second kappa shape index (κ2) is 7.12. The highest BCUT2D eigenvalue weighted by Gasteiger charge is 2.02. The second-order valence-electron chi connectivity index (χ2n) is 4.64. The summed E-state index contributed by atoms with van der Waals surface area (Å²) in [5.74, 6) is 0.104. The summed E-state index contributed by atoms with van der Waals surface area (Å²) in [4.78, 5) is 11.6. The number of phenolic OH excluding ortho intramolecular Hbond substituents is 2. The zero-order valence-corrected chi connectivity index (χ0v) is 12.0. The average Bonchev–Trinajstić information content (AvgIpc) is 2.50. The third-order valence-electron chi connectivity index (χ3n) is 2.79. The quantitative estimate of drug-likeness (QED) is 0.447. The van der Waals surface area contributed by atoms with Gasteiger partial charge in [-0.2, -0.15) is 5.10 Å². The average molecular weight is 300 g/mol. The van der Waals surface area contributed by atoms with Crippen molar-refractivity contribution in [1.29, 1.82) is 0 Å². The first-order valence-corrected chi connectivity index (χ1v) is 6.58. The molecule has 0 heterocycles. The molecule has 0 bridgehead atoms. The van der Waals surface area contributed by atoms with Gasteiger partial charge in [-0.1, -0.05) is 17.7 Å². The highest BCUT2D eigenvalue weighted by molar-refractivity contribution is 5.85. The molecule has 0 aliphatic rings. The van der Waals surface area contributed by atoms with E-state index in [1.807, 2.05) is 19.1 Å². The van der Waals surface area contributed by atoms with Crippen molar-refractivity contribution in [3.05, 3.63) is 53.6 Å². The van der Waals surface area contributed by atoms with Gasteiger partial charge in [0.2, 0.25) is 0 Å². The summed E-state index contributed by atoms with van der Waals surface area (Å²) < 4.78 is 5.29. The molecule has 1 amide bonds. The van der Waals surface area contributed by atoms with E-state index >= 15 is 0 Å². The topological polar surface area (TPSA) is 91.2 Å². The van der Waals surface area contributed by atoms with E-state index in [4.69, 9.17) is 4.74 Å². The van der Waals surface area contributed by atoms with E-state index in [1.165, 1.54) is 24.4 Å². The molecule has 0 aliphatic heterocycles. The van der Waals surface area contributed by atoms with Gasteiger partial charge in [0.25, 0.3) is 5.91 Å². The Morgan fingerprint density at radius 2 is 1.95 bits per heavy atom. The van der Waals surface area contributed by atoms with Crippen LogP contribution in [-0.2, 0) is 4.79 Å². The van der Waals surface area contributed by atoms with Crippen LogP contribution in [-0.4, -0.2) is 28.9 Å². The standard InChI is InChI=1S/C16H16N2O4/c1-11-2-5-14(6-3-11)22-10-16(21)18-17-9-12-8-13(19)4-7-15(12)20/h2-9,19-20H,10H2,1H3,(H,18,21)/b17-9-. The van der Waals surface area contributed by atoms with Gasteiger partial charge in [-0.05, 0) is 37.3 Å². The molecule has 6 nitrogen and oxygen atoms in total. The first kappa shape index (κ1) is 15.4. The van der Waals surface area contributed by atoms with E-state index in [0.717, 1.165) is 5.56 Å². The Morgan fingerprint density at radius 3 is 2.68 bits per heavy atom. The van der Waals surface area contributed by atoms with Gasteiger partial charge >= 0.3 is 0 Å². The van der Waals surface area contributed by atoms with Crippen LogP contribution in [0.1, 0.15) is 11.1 Å². The first-order chi connectivity index (χ1) is 10.5. The molecule has 0 saturated carbocycles. The van der Waals surface area contributed by atoms with E-state index < -0.39 is 5.91 Å². The zero-order chi connectivity index (χ0) is 15.9. The van der Waals surface area contributed by atoms with Crippen molar-refractivity contribution >= 4 is 12.1 Å². The lowest BCUT2D eigenvalue weighted by Crippen LogP contribution is -2.24. The van der Waals surface area contributed by atoms with Crippen LogP contribution < -0.4 is 10.2 Å². The van der Waals surface area contributed by atoms with Gasteiger partial charge < -0.3 is 14.9 Å². The minimum atomic E-state index is -0.434. The number of ether oxygens (including phenoxy) is 1. The number of aryl methyl sites for hydroxylation is 1. The number of aromatic hydroxyl groups is 2. The molecule has 114 valence electrons. The van der Waals surface area contributed by atoms with Crippen molar-refractivity contribution in [3.63, 3.8) is 0 Å². The molecular weight excluding hydrogens is 284 g/mol. The number of hydrogen-bond donors (Lipinski definition) is 3. The number of rotatable bonds is 5. The van der Waals surface area contributed by atoms with Crippen LogP contribution in [0.5, 0.6) is 17.2 Å². The zero-order valence-electron chi connectivity index (χ0n) is 12.0.